The van der Waals surface area contributed by atoms with E-state index >= 15 is 0 Å². The highest BCUT2D eigenvalue weighted by molar-refractivity contribution is 6.00. The fourth-order valence-electron chi connectivity index (χ4n) is 4.41. The Bertz CT molecular complexity index is 1170. The first-order valence-electron chi connectivity index (χ1n) is 13.8. The van der Waals surface area contributed by atoms with Gasteiger partial charge in [0.2, 0.25) is 11.8 Å². The molecule has 0 aliphatic rings. The van der Waals surface area contributed by atoms with Crippen molar-refractivity contribution < 1.29 is 23.9 Å². The lowest BCUT2D eigenvalue weighted by Crippen LogP contribution is -2.52. The second-order valence-electron chi connectivity index (χ2n) is 11.0. The molecule has 218 valence electrons. The molecule has 9 heteroatoms. The minimum absolute atomic E-state index is 0.0341. The Morgan fingerprint density at radius 1 is 0.975 bits per heavy atom. The average molecular weight is 553 g/mol. The Morgan fingerprint density at radius 3 is 2.08 bits per heavy atom. The molecule has 40 heavy (non-hydrogen) atoms. The highest BCUT2D eigenvalue weighted by Crippen LogP contribution is 2.28. The molecule has 2 aromatic rings. The Hall–Kier alpha value is -3.88. The first kappa shape index (κ1) is 32.3. The second-order valence-corrected chi connectivity index (χ2v) is 11.0. The molecule has 0 bridgehead atoms. The summed E-state index contributed by atoms with van der Waals surface area (Å²) < 4.78 is 5.37. The zero-order valence-corrected chi connectivity index (χ0v) is 24.8. The van der Waals surface area contributed by atoms with Gasteiger partial charge in [0.25, 0.3) is 5.91 Å². The van der Waals surface area contributed by atoms with Crippen LogP contribution in [0.15, 0.2) is 42.5 Å². The number of anilines is 1. The number of alkyl carbamates (subject to hydrolysis) is 1. The molecule has 2 unspecified atom stereocenters. The molecule has 0 aromatic heterocycles. The van der Waals surface area contributed by atoms with Gasteiger partial charge in [0.05, 0.1) is 0 Å². The van der Waals surface area contributed by atoms with E-state index in [-0.39, 0.29) is 25.3 Å². The lowest BCUT2D eigenvalue weighted by atomic mass is 9.99. The maximum absolute atomic E-state index is 14.1. The third-order valence-corrected chi connectivity index (χ3v) is 6.41. The summed E-state index contributed by atoms with van der Waals surface area (Å²) in [6, 6.07) is 11.2. The Morgan fingerprint density at radius 2 is 1.57 bits per heavy atom. The summed E-state index contributed by atoms with van der Waals surface area (Å²) in [7, 11) is 0. The van der Waals surface area contributed by atoms with E-state index in [0.29, 0.717) is 17.7 Å². The summed E-state index contributed by atoms with van der Waals surface area (Å²) >= 11 is 0. The van der Waals surface area contributed by atoms with Crippen LogP contribution < -0.4 is 16.4 Å². The molecule has 0 aliphatic heterocycles. The molecule has 0 saturated heterocycles. The smallest absolute Gasteiger partial charge is 0.408 e. The van der Waals surface area contributed by atoms with Crippen molar-refractivity contribution in [2.75, 3.05) is 11.9 Å². The number of ether oxygens (including phenoxy) is 1. The largest absolute Gasteiger partial charge is 0.444 e. The standard InChI is InChI=1S/C31H44N4O5/c1-8-19-35(29(38)24(17-18-25(32)36)33-30(39)40-31(5,6)7)27(23-15-13-22(9-2)14-16-23)28(37)34-26-20(3)11-10-12-21(26)4/h10-16,24,27H,8-9,17-19H2,1-7H3,(H2,32,36)(H,33,39)(H,34,37). The molecule has 2 rings (SSSR count). The van der Waals surface area contributed by atoms with E-state index in [1.165, 1.54) is 4.90 Å². The predicted molar refractivity (Wildman–Crippen MR) is 157 cm³/mol. The number of hydrogen-bond acceptors (Lipinski definition) is 5. The van der Waals surface area contributed by atoms with Crippen LogP contribution in [0.2, 0.25) is 0 Å². The molecule has 0 radical (unpaired) electrons. The Kier molecular flexibility index (Phi) is 11.7. The molecular weight excluding hydrogens is 508 g/mol. The number of benzene rings is 2. The summed E-state index contributed by atoms with van der Waals surface area (Å²) in [6.07, 6.45) is 0.424. The van der Waals surface area contributed by atoms with E-state index in [1.54, 1.807) is 20.8 Å². The van der Waals surface area contributed by atoms with Crippen molar-refractivity contribution in [2.45, 2.75) is 91.8 Å². The van der Waals surface area contributed by atoms with E-state index in [2.05, 4.69) is 10.6 Å². The summed E-state index contributed by atoms with van der Waals surface area (Å²) in [5.41, 5.74) is 8.79. The number of nitrogens with one attached hydrogen (secondary N) is 2. The van der Waals surface area contributed by atoms with Crippen molar-refractivity contribution in [2.24, 2.45) is 5.73 Å². The molecule has 9 nitrogen and oxygen atoms in total. The number of primary amides is 1. The molecule has 2 aromatic carbocycles. The second kappa shape index (κ2) is 14.5. The molecule has 0 heterocycles. The van der Waals surface area contributed by atoms with E-state index in [0.717, 1.165) is 23.1 Å². The van der Waals surface area contributed by atoms with Crippen LogP contribution in [0.1, 0.15) is 82.2 Å². The minimum Gasteiger partial charge on any atom is -0.444 e. The van der Waals surface area contributed by atoms with Gasteiger partial charge in [-0.1, -0.05) is 56.3 Å². The van der Waals surface area contributed by atoms with Crippen LogP contribution in [0.3, 0.4) is 0 Å². The minimum atomic E-state index is -1.13. The maximum atomic E-state index is 14.1. The SMILES string of the molecule is CCCN(C(=O)C(CCC(N)=O)NC(=O)OC(C)(C)C)C(C(=O)Nc1c(C)cccc1C)c1ccc(CC)cc1. The average Bonchev–Trinajstić information content (AvgIpc) is 2.87. The molecule has 0 spiro atoms. The summed E-state index contributed by atoms with van der Waals surface area (Å²) in [5.74, 6) is -1.49. The number of para-hydroxylation sites is 1. The van der Waals surface area contributed by atoms with Gasteiger partial charge in [-0.3, -0.25) is 14.4 Å². The number of carbonyl (C=O) groups excluding carboxylic acids is 4. The number of aryl methyl sites for hydroxylation is 3. The molecular formula is C31H44N4O5. The summed E-state index contributed by atoms with van der Waals surface area (Å²) in [6.45, 7) is 13.1. The molecule has 4 amide bonds. The van der Waals surface area contributed by atoms with Gasteiger partial charge < -0.3 is 26.0 Å². The van der Waals surface area contributed by atoms with E-state index in [4.69, 9.17) is 10.5 Å². The first-order chi connectivity index (χ1) is 18.8. The highest BCUT2D eigenvalue weighted by atomic mass is 16.6. The van der Waals surface area contributed by atoms with Crippen molar-refractivity contribution in [1.82, 2.24) is 10.2 Å². The van der Waals surface area contributed by atoms with Crippen molar-refractivity contribution in [3.63, 3.8) is 0 Å². The van der Waals surface area contributed by atoms with Gasteiger partial charge in [0.1, 0.15) is 17.7 Å². The van der Waals surface area contributed by atoms with Gasteiger partial charge in [0, 0.05) is 18.7 Å². The molecule has 4 N–H and O–H groups in total. The van der Waals surface area contributed by atoms with E-state index in [9.17, 15) is 19.2 Å². The third-order valence-electron chi connectivity index (χ3n) is 6.41. The van der Waals surface area contributed by atoms with Gasteiger partial charge in [0.15, 0.2) is 0 Å². The zero-order chi connectivity index (χ0) is 30.0. The van der Waals surface area contributed by atoms with Crippen molar-refractivity contribution in [1.29, 1.82) is 0 Å². The lowest BCUT2D eigenvalue weighted by molar-refractivity contribution is -0.141. The monoisotopic (exact) mass is 552 g/mol. The number of nitrogens with two attached hydrogens (primary N) is 1. The van der Waals surface area contributed by atoms with Crippen molar-refractivity contribution in [3.8, 4) is 0 Å². The highest BCUT2D eigenvalue weighted by Gasteiger charge is 2.36. The molecule has 0 saturated carbocycles. The summed E-state index contributed by atoms with van der Waals surface area (Å²) in [5, 5.41) is 5.65. The Balaban J connectivity index is 2.55. The van der Waals surface area contributed by atoms with Gasteiger partial charge in [-0.2, -0.15) is 0 Å². The van der Waals surface area contributed by atoms with Gasteiger partial charge >= 0.3 is 6.09 Å². The van der Waals surface area contributed by atoms with Gasteiger partial charge in [-0.05, 0) is 76.1 Å². The predicted octanol–water partition coefficient (Wildman–Crippen LogP) is 4.94. The molecule has 0 aliphatic carbocycles. The van der Waals surface area contributed by atoms with Crippen LogP contribution in [0.25, 0.3) is 0 Å². The van der Waals surface area contributed by atoms with Gasteiger partial charge in [-0.25, -0.2) is 4.79 Å². The number of hydrogen-bond donors (Lipinski definition) is 3. The topological polar surface area (TPSA) is 131 Å². The molecule has 0 fully saturated rings. The van der Waals surface area contributed by atoms with Crippen LogP contribution >= 0.6 is 0 Å². The maximum Gasteiger partial charge on any atom is 0.408 e. The van der Waals surface area contributed by atoms with Gasteiger partial charge in [-0.15, -0.1) is 0 Å². The van der Waals surface area contributed by atoms with Crippen LogP contribution in [-0.4, -0.2) is 46.9 Å². The zero-order valence-electron chi connectivity index (χ0n) is 24.8. The first-order valence-corrected chi connectivity index (χ1v) is 13.8. The number of nitrogens with zero attached hydrogens (tertiary/aromatic N) is 1. The third kappa shape index (κ3) is 9.39. The van der Waals surface area contributed by atoms with Crippen LogP contribution in [-0.2, 0) is 25.5 Å². The quantitative estimate of drug-likeness (QED) is 0.343. The molecule has 2 atom stereocenters. The lowest BCUT2D eigenvalue weighted by Gasteiger charge is -2.34. The number of amides is 4. The van der Waals surface area contributed by atoms with Crippen LogP contribution in [0.5, 0.6) is 0 Å². The van der Waals surface area contributed by atoms with Crippen LogP contribution in [0, 0.1) is 13.8 Å². The Labute approximate surface area is 237 Å². The normalized spacial score (nSPS) is 12.7. The van der Waals surface area contributed by atoms with E-state index < -0.39 is 35.6 Å². The number of rotatable bonds is 12. The number of carbonyl (C=O) groups is 4. The van der Waals surface area contributed by atoms with Crippen LogP contribution in [0.4, 0.5) is 10.5 Å². The van der Waals surface area contributed by atoms with E-state index in [1.807, 2.05) is 70.2 Å². The van der Waals surface area contributed by atoms with Crippen molar-refractivity contribution >= 4 is 29.5 Å². The fourth-order valence-corrected chi connectivity index (χ4v) is 4.41. The van der Waals surface area contributed by atoms with Crippen molar-refractivity contribution in [3.05, 3.63) is 64.7 Å². The fraction of sp³-hybridized carbons (Fsp3) is 0.484. The summed E-state index contributed by atoms with van der Waals surface area (Å²) in [4.78, 5) is 53.8.